The average molecular weight is 486 g/mol. The molecule has 3 N–H and O–H groups in total. The highest BCUT2D eigenvalue weighted by Gasteiger charge is 2.53. The van der Waals surface area contributed by atoms with Gasteiger partial charge >= 0.3 is 6.03 Å². The van der Waals surface area contributed by atoms with E-state index in [1.54, 1.807) is 48.8 Å². The third-order valence-corrected chi connectivity index (χ3v) is 6.68. The predicted molar refractivity (Wildman–Crippen MR) is 127 cm³/mol. The van der Waals surface area contributed by atoms with Gasteiger partial charge in [-0.3, -0.25) is 25.0 Å². The van der Waals surface area contributed by atoms with Gasteiger partial charge in [-0.15, -0.1) is 0 Å². The lowest BCUT2D eigenvalue weighted by Crippen LogP contribution is -2.53. The smallest absolute Gasteiger partial charge is 0.322 e. The van der Waals surface area contributed by atoms with Crippen LogP contribution < -0.4 is 10.6 Å². The van der Waals surface area contributed by atoms with E-state index in [9.17, 15) is 14.4 Å². The van der Waals surface area contributed by atoms with Crippen molar-refractivity contribution in [2.75, 3.05) is 20.2 Å². The molecular weight excluding hydrogens is 464 g/mol. The number of ether oxygens (including phenoxy) is 1. The molecule has 1 saturated heterocycles. The molecule has 4 amide bonds. The van der Waals surface area contributed by atoms with Gasteiger partial charge in [-0.25, -0.2) is 4.79 Å². The largest absolute Gasteiger partial charge is 0.497 e. The lowest BCUT2D eigenvalue weighted by Gasteiger charge is -2.29. The van der Waals surface area contributed by atoms with Crippen LogP contribution in [0.4, 0.5) is 4.79 Å². The van der Waals surface area contributed by atoms with Crippen molar-refractivity contribution in [3.8, 4) is 11.3 Å². The number of rotatable bonds is 5. The molecule has 1 aliphatic carbocycles. The molecule has 0 radical (unpaired) electrons. The molecule has 5 heterocycles. The number of methoxy groups -OCH3 is 1. The van der Waals surface area contributed by atoms with Gasteiger partial charge in [-0.05, 0) is 36.6 Å². The quantitative estimate of drug-likeness (QED) is 0.470. The number of allylic oxidation sites excluding steroid dienone is 2. The Morgan fingerprint density at radius 3 is 2.86 bits per heavy atom. The summed E-state index contributed by atoms with van der Waals surface area (Å²) in [5, 5.41) is 12.4. The molecule has 0 aromatic carbocycles. The molecular formula is C25H22N6O5. The zero-order chi connectivity index (χ0) is 24.9. The summed E-state index contributed by atoms with van der Waals surface area (Å²) < 4.78 is 11.5. The fourth-order valence-electron chi connectivity index (χ4n) is 4.82. The van der Waals surface area contributed by atoms with Crippen LogP contribution in [0, 0.1) is 0 Å². The number of nitrogens with zero attached hydrogens (tertiary/aromatic N) is 3. The SMILES string of the molecule is COC1=C/C2=C(CC/C=C\1)CN(C[C@@]1(c3cc4cnc(-c5cn[nH]c5)cc4o3)NC(=O)NC1=O)C2=O. The lowest BCUT2D eigenvalue weighted by atomic mass is 9.95. The van der Waals surface area contributed by atoms with Crippen LogP contribution in [0.3, 0.4) is 0 Å². The van der Waals surface area contributed by atoms with E-state index in [0.717, 1.165) is 17.6 Å². The summed E-state index contributed by atoms with van der Waals surface area (Å²) in [6.45, 7) is 0.245. The predicted octanol–water partition coefficient (Wildman–Crippen LogP) is 2.27. The van der Waals surface area contributed by atoms with Gasteiger partial charge in [0, 0.05) is 41.5 Å². The Labute approximate surface area is 204 Å². The van der Waals surface area contributed by atoms with Gasteiger partial charge in [-0.1, -0.05) is 6.08 Å². The standard InChI is InChI=1S/C25H22N6O5/c1-35-17-5-3-2-4-14-12-31(22(32)18(14)7-17)13-25(23(33)29-24(34)30-25)21-6-15-9-26-19(8-20(15)36-21)16-10-27-28-11-16/h3,5-11H,2,4,12-13H2,1H3,(H,27,28)(H2,29,30,33,34)/b5-3-,17-7+/t25-/m0/s1. The Morgan fingerprint density at radius 1 is 1.22 bits per heavy atom. The molecule has 0 unspecified atom stereocenters. The first-order valence-corrected chi connectivity index (χ1v) is 11.4. The normalized spacial score (nSPS) is 24.2. The first-order valence-electron chi connectivity index (χ1n) is 11.4. The molecule has 1 atom stereocenters. The molecule has 3 aromatic heterocycles. The minimum absolute atomic E-state index is 0.0954. The number of carbonyl (C=O) groups is 3. The number of nitrogens with one attached hydrogen (secondary N) is 3. The van der Waals surface area contributed by atoms with Crippen LogP contribution in [0.2, 0.25) is 0 Å². The summed E-state index contributed by atoms with van der Waals surface area (Å²) in [5.41, 5.74) is 1.82. The van der Waals surface area contributed by atoms with Gasteiger partial charge < -0.3 is 19.4 Å². The van der Waals surface area contributed by atoms with E-state index in [1.165, 1.54) is 0 Å². The number of aromatic nitrogens is 3. The number of aromatic amines is 1. The van der Waals surface area contributed by atoms with Crippen molar-refractivity contribution in [2.24, 2.45) is 0 Å². The summed E-state index contributed by atoms with van der Waals surface area (Å²) in [6.07, 6.45) is 12.0. The Hall–Kier alpha value is -4.67. The molecule has 11 nitrogen and oxygen atoms in total. The molecule has 6 rings (SSSR count). The number of fused-ring (bicyclic) bond motifs is 1. The highest BCUT2D eigenvalue weighted by atomic mass is 16.5. The molecule has 36 heavy (non-hydrogen) atoms. The van der Waals surface area contributed by atoms with Crippen molar-refractivity contribution in [2.45, 2.75) is 18.4 Å². The second kappa shape index (κ2) is 8.22. The van der Waals surface area contributed by atoms with E-state index in [0.29, 0.717) is 41.0 Å². The summed E-state index contributed by atoms with van der Waals surface area (Å²) in [5.74, 6) is -0.0224. The van der Waals surface area contributed by atoms with Crippen molar-refractivity contribution in [3.63, 3.8) is 0 Å². The molecule has 0 spiro atoms. The average Bonchev–Trinajstić information content (AvgIpc) is 3.62. The first-order chi connectivity index (χ1) is 17.5. The van der Waals surface area contributed by atoms with E-state index >= 15 is 0 Å². The maximum Gasteiger partial charge on any atom is 0.322 e. The number of furan rings is 1. The molecule has 2 aliphatic heterocycles. The number of urea groups is 1. The van der Waals surface area contributed by atoms with Crippen LogP contribution in [-0.2, 0) is 19.9 Å². The van der Waals surface area contributed by atoms with Crippen molar-refractivity contribution in [3.05, 3.63) is 71.6 Å². The molecule has 3 aromatic rings. The van der Waals surface area contributed by atoms with Gasteiger partial charge in [0.1, 0.15) is 17.1 Å². The van der Waals surface area contributed by atoms with Crippen molar-refractivity contribution in [1.29, 1.82) is 0 Å². The Balaban J connectivity index is 1.36. The number of hydrogen-bond acceptors (Lipinski definition) is 7. The van der Waals surface area contributed by atoms with E-state index < -0.39 is 17.5 Å². The maximum absolute atomic E-state index is 13.4. The highest BCUT2D eigenvalue weighted by Crippen LogP contribution is 2.35. The Kier molecular flexibility index (Phi) is 4.99. The van der Waals surface area contributed by atoms with E-state index in [1.807, 2.05) is 12.2 Å². The number of H-pyrrole nitrogens is 1. The summed E-state index contributed by atoms with van der Waals surface area (Å²) in [4.78, 5) is 44.9. The fraction of sp³-hybridized carbons (Fsp3) is 0.240. The van der Waals surface area contributed by atoms with Gasteiger partial charge in [0.25, 0.3) is 11.8 Å². The zero-order valence-corrected chi connectivity index (χ0v) is 19.3. The Morgan fingerprint density at radius 2 is 2.11 bits per heavy atom. The second-order valence-electron chi connectivity index (χ2n) is 8.89. The van der Waals surface area contributed by atoms with Crippen LogP contribution in [0.5, 0.6) is 0 Å². The van der Waals surface area contributed by atoms with Crippen LogP contribution in [0.15, 0.2) is 70.3 Å². The van der Waals surface area contributed by atoms with E-state index in [2.05, 4.69) is 25.8 Å². The summed E-state index contributed by atoms with van der Waals surface area (Å²) in [6, 6.07) is 2.76. The minimum atomic E-state index is -1.59. The van der Waals surface area contributed by atoms with Gasteiger partial charge in [-0.2, -0.15) is 5.10 Å². The summed E-state index contributed by atoms with van der Waals surface area (Å²) >= 11 is 0. The summed E-state index contributed by atoms with van der Waals surface area (Å²) in [7, 11) is 1.55. The number of carbonyl (C=O) groups excluding carboxylic acids is 3. The van der Waals surface area contributed by atoms with Crippen molar-refractivity contribution >= 4 is 28.8 Å². The molecule has 0 bridgehead atoms. The fourth-order valence-corrected chi connectivity index (χ4v) is 4.82. The van der Waals surface area contributed by atoms with Gasteiger partial charge in [0.05, 0.1) is 25.5 Å². The van der Waals surface area contributed by atoms with E-state index in [4.69, 9.17) is 9.15 Å². The van der Waals surface area contributed by atoms with Crippen molar-refractivity contribution < 1.29 is 23.5 Å². The zero-order valence-electron chi connectivity index (χ0n) is 19.3. The van der Waals surface area contributed by atoms with Crippen LogP contribution in [-0.4, -0.2) is 58.1 Å². The Bertz CT molecular complexity index is 1500. The van der Waals surface area contributed by atoms with Crippen LogP contribution >= 0.6 is 0 Å². The third-order valence-electron chi connectivity index (χ3n) is 6.68. The van der Waals surface area contributed by atoms with Crippen molar-refractivity contribution in [1.82, 2.24) is 30.7 Å². The molecule has 3 aliphatic rings. The second-order valence-corrected chi connectivity index (χ2v) is 8.89. The maximum atomic E-state index is 13.4. The number of pyridine rings is 1. The molecule has 182 valence electrons. The number of imide groups is 1. The number of amides is 4. The molecule has 11 heteroatoms. The molecule has 0 saturated carbocycles. The first kappa shape index (κ1) is 21.8. The monoisotopic (exact) mass is 486 g/mol. The highest BCUT2D eigenvalue weighted by molar-refractivity contribution is 6.08. The van der Waals surface area contributed by atoms with E-state index in [-0.39, 0.29) is 18.2 Å². The van der Waals surface area contributed by atoms with Crippen LogP contribution in [0.1, 0.15) is 18.6 Å². The molecule has 1 fully saturated rings. The van der Waals surface area contributed by atoms with Crippen LogP contribution in [0.25, 0.3) is 22.2 Å². The third kappa shape index (κ3) is 3.47. The topological polar surface area (TPSA) is 142 Å². The minimum Gasteiger partial charge on any atom is -0.497 e. The van der Waals surface area contributed by atoms with Gasteiger partial charge in [0.2, 0.25) is 0 Å². The van der Waals surface area contributed by atoms with Gasteiger partial charge in [0.15, 0.2) is 5.54 Å². The number of hydrogen-bond donors (Lipinski definition) is 3. The lowest BCUT2D eigenvalue weighted by molar-refractivity contribution is -0.130.